The number of hydrogen-bond donors (Lipinski definition) is 0. The quantitative estimate of drug-likeness (QED) is 0.703. The third-order valence-corrected chi connectivity index (χ3v) is 4.81. The van der Waals surface area contributed by atoms with Gasteiger partial charge in [0.15, 0.2) is 0 Å². The Bertz CT molecular complexity index is 471. The minimum absolute atomic E-state index is 0.00646. The van der Waals surface area contributed by atoms with Gasteiger partial charge in [-0.2, -0.15) is 0 Å². The molecule has 1 amide bonds. The van der Waals surface area contributed by atoms with E-state index in [-0.39, 0.29) is 11.3 Å². The van der Waals surface area contributed by atoms with Crippen molar-refractivity contribution < 1.29 is 4.79 Å². The third-order valence-electron chi connectivity index (χ3n) is 3.64. The SMILES string of the molecule is CC(Cl)C1CCN(C(=O)c2cc(Br)ccc2Cl)CC1. The second kappa shape index (κ2) is 6.47. The Morgan fingerprint density at radius 3 is 2.63 bits per heavy atom. The van der Waals surface area contributed by atoms with Crippen LogP contribution in [0.5, 0.6) is 0 Å². The van der Waals surface area contributed by atoms with Crippen LogP contribution in [-0.4, -0.2) is 29.3 Å². The number of benzene rings is 1. The zero-order chi connectivity index (χ0) is 14.0. The molecule has 5 heteroatoms. The highest BCUT2D eigenvalue weighted by Gasteiger charge is 2.26. The molecule has 0 radical (unpaired) electrons. The zero-order valence-electron chi connectivity index (χ0n) is 10.7. The molecular formula is C14H16BrCl2NO. The highest BCUT2D eigenvalue weighted by molar-refractivity contribution is 9.10. The van der Waals surface area contributed by atoms with Crippen LogP contribution in [0.3, 0.4) is 0 Å². The minimum Gasteiger partial charge on any atom is -0.339 e. The highest BCUT2D eigenvalue weighted by Crippen LogP contribution is 2.27. The Morgan fingerprint density at radius 2 is 2.05 bits per heavy atom. The number of carbonyl (C=O) groups excluding carboxylic acids is 1. The van der Waals surface area contributed by atoms with Crippen LogP contribution in [0.25, 0.3) is 0 Å². The van der Waals surface area contributed by atoms with Crippen molar-refractivity contribution in [3.8, 4) is 0 Å². The van der Waals surface area contributed by atoms with Crippen LogP contribution in [0.15, 0.2) is 22.7 Å². The summed E-state index contributed by atoms with van der Waals surface area (Å²) in [6.07, 6.45) is 1.92. The summed E-state index contributed by atoms with van der Waals surface area (Å²) in [6, 6.07) is 5.36. The second-order valence-electron chi connectivity index (χ2n) is 4.93. The monoisotopic (exact) mass is 363 g/mol. The molecule has 0 aromatic heterocycles. The highest BCUT2D eigenvalue weighted by atomic mass is 79.9. The van der Waals surface area contributed by atoms with Crippen molar-refractivity contribution in [3.05, 3.63) is 33.3 Å². The van der Waals surface area contributed by atoms with Crippen molar-refractivity contribution in [1.82, 2.24) is 4.90 Å². The van der Waals surface area contributed by atoms with E-state index in [0.717, 1.165) is 30.4 Å². The molecule has 1 aliphatic heterocycles. The first-order valence-electron chi connectivity index (χ1n) is 6.37. The van der Waals surface area contributed by atoms with Crippen molar-refractivity contribution in [2.24, 2.45) is 5.92 Å². The summed E-state index contributed by atoms with van der Waals surface area (Å²) >= 11 is 15.6. The lowest BCUT2D eigenvalue weighted by molar-refractivity contribution is 0.0690. The number of carbonyl (C=O) groups is 1. The van der Waals surface area contributed by atoms with Gasteiger partial charge in [-0.1, -0.05) is 27.5 Å². The van der Waals surface area contributed by atoms with Gasteiger partial charge in [-0.3, -0.25) is 4.79 Å². The van der Waals surface area contributed by atoms with Gasteiger partial charge in [0.25, 0.3) is 5.91 Å². The molecular weight excluding hydrogens is 349 g/mol. The van der Waals surface area contributed by atoms with Crippen molar-refractivity contribution in [3.63, 3.8) is 0 Å². The molecule has 1 unspecified atom stereocenters. The Hall–Kier alpha value is -0.250. The molecule has 0 saturated carbocycles. The molecule has 2 rings (SSSR count). The molecule has 104 valence electrons. The van der Waals surface area contributed by atoms with E-state index in [9.17, 15) is 4.79 Å². The van der Waals surface area contributed by atoms with Gasteiger partial charge in [-0.25, -0.2) is 0 Å². The summed E-state index contributed by atoms with van der Waals surface area (Å²) in [7, 11) is 0. The Labute approximate surface area is 132 Å². The van der Waals surface area contributed by atoms with E-state index in [4.69, 9.17) is 23.2 Å². The number of amides is 1. The van der Waals surface area contributed by atoms with Gasteiger partial charge in [0.05, 0.1) is 10.6 Å². The van der Waals surface area contributed by atoms with Crippen LogP contribution < -0.4 is 0 Å². The van der Waals surface area contributed by atoms with Crippen LogP contribution in [0.1, 0.15) is 30.1 Å². The first kappa shape index (κ1) is 15.1. The average molecular weight is 365 g/mol. The Morgan fingerprint density at radius 1 is 1.42 bits per heavy atom. The maximum absolute atomic E-state index is 12.4. The molecule has 1 saturated heterocycles. The molecule has 0 spiro atoms. The molecule has 2 nitrogen and oxygen atoms in total. The topological polar surface area (TPSA) is 20.3 Å². The number of rotatable bonds is 2. The van der Waals surface area contributed by atoms with E-state index < -0.39 is 0 Å². The molecule has 1 aromatic carbocycles. The zero-order valence-corrected chi connectivity index (χ0v) is 13.8. The summed E-state index contributed by atoms with van der Waals surface area (Å²) in [4.78, 5) is 14.3. The fourth-order valence-electron chi connectivity index (χ4n) is 2.39. The first-order chi connectivity index (χ1) is 8.99. The van der Waals surface area contributed by atoms with Gasteiger partial charge in [-0.15, -0.1) is 11.6 Å². The lowest BCUT2D eigenvalue weighted by atomic mass is 9.93. The molecule has 0 N–H and O–H groups in total. The molecule has 1 atom stereocenters. The van der Waals surface area contributed by atoms with Crippen molar-refractivity contribution in [1.29, 1.82) is 0 Å². The number of alkyl halides is 1. The number of likely N-dealkylation sites (tertiary alicyclic amines) is 1. The lowest BCUT2D eigenvalue weighted by Crippen LogP contribution is -2.40. The fourth-order valence-corrected chi connectivity index (χ4v) is 3.21. The fraction of sp³-hybridized carbons (Fsp3) is 0.500. The molecule has 1 heterocycles. The van der Waals surface area contributed by atoms with Crippen LogP contribution in [-0.2, 0) is 0 Å². The predicted molar refractivity (Wildman–Crippen MR) is 83.1 cm³/mol. The van der Waals surface area contributed by atoms with E-state index in [1.807, 2.05) is 17.9 Å². The van der Waals surface area contributed by atoms with E-state index >= 15 is 0 Å². The van der Waals surface area contributed by atoms with Gasteiger partial charge < -0.3 is 4.90 Å². The van der Waals surface area contributed by atoms with E-state index in [0.29, 0.717) is 16.5 Å². The third kappa shape index (κ3) is 3.65. The average Bonchev–Trinajstić information content (AvgIpc) is 2.41. The second-order valence-corrected chi connectivity index (χ2v) is 6.94. The summed E-state index contributed by atoms with van der Waals surface area (Å²) in [5, 5.41) is 0.674. The van der Waals surface area contributed by atoms with Gasteiger partial charge >= 0.3 is 0 Å². The normalized spacial score (nSPS) is 18.4. The van der Waals surface area contributed by atoms with Crippen LogP contribution in [0, 0.1) is 5.92 Å². The summed E-state index contributed by atoms with van der Waals surface area (Å²) in [5.74, 6) is 0.510. The Kier molecular flexibility index (Phi) is 5.15. The van der Waals surface area contributed by atoms with Gasteiger partial charge in [-0.05, 0) is 43.9 Å². The summed E-state index contributed by atoms with van der Waals surface area (Å²) < 4.78 is 0.865. The molecule has 0 bridgehead atoms. The maximum atomic E-state index is 12.4. The number of hydrogen-bond acceptors (Lipinski definition) is 1. The summed E-state index contributed by atoms with van der Waals surface area (Å²) in [6.45, 7) is 3.53. The van der Waals surface area contributed by atoms with Crippen molar-refractivity contribution >= 4 is 45.0 Å². The predicted octanol–water partition coefficient (Wildman–Crippen LogP) is 4.58. The number of nitrogens with zero attached hydrogens (tertiary/aromatic N) is 1. The maximum Gasteiger partial charge on any atom is 0.255 e. The minimum atomic E-state index is 0.00646. The first-order valence-corrected chi connectivity index (χ1v) is 7.98. The van der Waals surface area contributed by atoms with E-state index in [2.05, 4.69) is 15.9 Å². The molecule has 1 aromatic rings. The van der Waals surface area contributed by atoms with Crippen LogP contribution >= 0.6 is 39.1 Å². The standard InChI is InChI=1S/C14H16BrCl2NO/c1-9(16)10-4-6-18(7-5-10)14(19)12-8-11(15)2-3-13(12)17/h2-3,8-10H,4-7H2,1H3. The molecule has 0 aliphatic carbocycles. The largest absolute Gasteiger partial charge is 0.339 e. The summed E-state index contributed by atoms with van der Waals surface area (Å²) in [5.41, 5.74) is 0.563. The van der Waals surface area contributed by atoms with Gasteiger partial charge in [0.2, 0.25) is 0 Å². The van der Waals surface area contributed by atoms with Crippen molar-refractivity contribution in [2.45, 2.75) is 25.1 Å². The molecule has 1 fully saturated rings. The van der Waals surface area contributed by atoms with E-state index in [1.54, 1.807) is 12.1 Å². The van der Waals surface area contributed by atoms with Crippen molar-refractivity contribution in [2.75, 3.05) is 13.1 Å². The lowest BCUT2D eigenvalue weighted by Gasteiger charge is -2.33. The molecule has 1 aliphatic rings. The van der Waals surface area contributed by atoms with E-state index in [1.165, 1.54) is 0 Å². The van der Waals surface area contributed by atoms with Gasteiger partial charge in [0, 0.05) is 22.9 Å². The van der Waals surface area contributed by atoms with Crippen LogP contribution in [0.4, 0.5) is 0 Å². The molecule has 19 heavy (non-hydrogen) atoms. The number of halogens is 3. The van der Waals surface area contributed by atoms with Gasteiger partial charge in [0.1, 0.15) is 0 Å². The Balaban J connectivity index is 2.07. The number of piperidine rings is 1. The smallest absolute Gasteiger partial charge is 0.255 e. The van der Waals surface area contributed by atoms with Crippen LogP contribution in [0.2, 0.25) is 5.02 Å².